The Balaban J connectivity index is 2.38. The van der Waals surface area contributed by atoms with E-state index in [1.165, 1.54) is 0 Å². The zero-order valence-corrected chi connectivity index (χ0v) is 13.1. The van der Waals surface area contributed by atoms with Crippen LogP contribution in [0.3, 0.4) is 0 Å². The van der Waals surface area contributed by atoms with Gasteiger partial charge in [0.1, 0.15) is 24.0 Å². The zero-order chi connectivity index (χ0) is 16.6. The van der Waals surface area contributed by atoms with Gasteiger partial charge in [-0.3, -0.25) is 10.1 Å². The summed E-state index contributed by atoms with van der Waals surface area (Å²) in [7, 11) is 0. The van der Waals surface area contributed by atoms with E-state index in [0.717, 1.165) is 0 Å². The lowest BCUT2D eigenvalue weighted by molar-refractivity contribution is -0.149. The van der Waals surface area contributed by atoms with Crippen molar-refractivity contribution in [3.63, 3.8) is 0 Å². The van der Waals surface area contributed by atoms with Crippen LogP contribution in [0.15, 0.2) is 24.3 Å². The van der Waals surface area contributed by atoms with Gasteiger partial charge in [-0.1, -0.05) is 0 Å². The van der Waals surface area contributed by atoms with Crippen LogP contribution >= 0.6 is 0 Å². The zero-order valence-electron chi connectivity index (χ0n) is 13.1. The van der Waals surface area contributed by atoms with Gasteiger partial charge in [0.15, 0.2) is 0 Å². The molecule has 2 N–H and O–H groups in total. The monoisotopic (exact) mass is 306 g/mol. The van der Waals surface area contributed by atoms with Crippen LogP contribution in [-0.4, -0.2) is 42.5 Å². The number of nitriles is 1. The van der Waals surface area contributed by atoms with E-state index >= 15 is 0 Å². The molecule has 1 atom stereocenters. The Morgan fingerprint density at radius 1 is 1.41 bits per heavy atom. The van der Waals surface area contributed by atoms with Crippen LogP contribution in [0.25, 0.3) is 0 Å². The van der Waals surface area contributed by atoms with Crippen molar-refractivity contribution >= 4 is 5.97 Å². The number of rotatable bonds is 8. The highest BCUT2D eigenvalue weighted by molar-refractivity contribution is 5.79. The molecule has 0 spiro atoms. The number of esters is 1. The van der Waals surface area contributed by atoms with Crippen molar-refractivity contribution in [1.29, 1.82) is 5.26 Å². The number of carbonyl (C=O) groups is 1. The average Bonchev–Trinajstić information content (AvgIpc) is 2.51. The molecule has 0 bridgehead atoms. The van der Waals surface area contributed by atoms with E-state index in [0.29, 0.717) is 17.9 Å². The number of β-amino-alcohol motifs (C(OH)–C–C–N with tert-alkyl or cyclic N) is 1. The van der Waals surface area contributed by atoms with Crippen LogP contribution in [0, 0.1) is 11.3 Å². The average molecular weight is 306 g/mol. The summed E-state index contributed by atoms with van der Waals surface area (Å²) in [6.45, 7) is 5.72. The molecule has 0 radical (unpaired) electrons. The first-order valence-electron chi connectivity index (χ1n) is 7.12. The summed E-state index contributed by atoms with van der Waals surface area (Å²) in [4.78, 5) is 11.7. The summed E-state index contributed by atoms with van der Waals surface area (Å²) in [5.41, 5.74) is -0.323. The number of aliphatic hydroxyl groups is 1. The van der Waals surface area contributed by atoms with E-state index in [9.17, 15) is 9.90 Å². The van der Waals surface area contributed by atoms with E-state index in [4.69, 9.17) is 14.7 Å². The molecule has 120 valence electrons. The Hall–Kier alpha value is -2.10. The largest absolute Gasteiger partial charge is 0.491 e. The molecular weight excluding hydrogens is 284 g/mol. The van der Waals surface area contributed by atoms with E-state index in [1.54, 1.807) is 45.0 Å². The highest BCUT2D eigenvalue weighted by Gasteiger charge is 2.29. The lowest BCUT2D eigenvalue weighted by Gasteiger charge is -2.25. The Morgan fingerprint density at radius 2 is 2.05 bits per heavy atom. The number of nitrogens with one attached hydrogen (secondary N) is 1. The van der Waals surface area contributed by atoms with E-state index in [-0.39, 0.29) is 19.1 Å². The highest BCUT2D eigenvalue weighted by Crippen LogP contribution is 2.12. The van der Waals surface area contributed by atoms with Crippen LogP contribution in [0.1, 0.15) is 26.3 Å². The number of ether oxygens (including phenoxy) is 2. The first kappa shape index (κ1) is 18.0. The normalized spacial score (nSPS) is 12.3. The summed E-state index contributed by atoms with van der Waals surface area (Å²) >= 11 is 0. The summed E-state index contributed by atoms with van der Waals surface area (Å²) < 4.78 is 10.4. The second-order valence-corrected chi connectivity index (χ2v) is 5.33. The van der Waals surface area contributed by atoms with Crippen molar-refractivity contribution in [3.8, 4) is 11.8 Å². The molecule has 1 unspecified atom stereocenters. The third-order valence-electron chi connectivity index (χ3n) is 2.99. The molecule has 0 aliphatic rings. The minimum Gasteiger partial charge on any atom is -0.491 e. The maximum absolute atomic E-state index is 11.7. The molecule has 1 aromatic rings. The Labute approximate surface area is 130 Å². The molecule has 0 fully saturated rings. The SMILES string of the molecule is CCOC(=O)C(C)(C)NCC(O)COc1ccc(C#N)cc1. The highest BCUT2D eigenvalue weighted by atomic mass is 16.5. The van der Waals surface area contributed by atoms with E-state index in [1.807, 2.05) is 6.07 Å². The predicted molar refractivity (Wildman–Crippen MR) is 81.4 cm³/mol. The lowest BCUT2D eigenvalue weighted by atomic mass is 10.1. The van der Waals surface area contributed by atoms with Crippen LogP contribution in [0.2, 0.25) is 0 Å². The summed E-state index contributed by atoms with van der Waals surface area (Å²) in [5, 5.41) is 21.5. The molecule has 0 aromatic heterocycles. The molecule has 22 heavy (non-hydrogen) atoms. The molecule has 0 saturated carbocycles. The molecular formula is C16H22N2O4. The fourth-order valence-corrected chi connectivity index (χ4v) is 1.63. The molecule has 1 aromatic carbocycles. The number of hydrogen-bond acceptors (Lipinski definition) is 6. The van der Waals surface area contributed by atoms with Gasteiger partial charge in [-0.05, 0) is 45.0 Å². The van der Waals surface area contributed by atoms with Crippen molar-refractivity contribution < 1.29 is 19.4 Å². The Kier molecular flexibility index (Phi) is 6.83. The van der Waals surface area contributed by atoms with Gasteiger partial charge in [-0.15, -0.1) is 0 Å². The van der Waals surface area contributed by atoms with Gasteiger partial charge >= 0.3 is 5.97 Å². The molecule has 0 heterocycles. The number of nitrogens with zero attached hydrogens (tertiary/aromatic N) is 1. The molecule has 0 aliphatic carbocycles. The van der Waals surface area contributed by atoms with Crippen molar-refractivity contribution in [1.82, 2.24) is 5.32 Å². The maximum Gasteiger partial charge on any atom is 0.325 e. The Morgan fingerprint density at radius 3 is 2.59 bits per heavy atom. The predicted octanol–water partition coefficient (Wildman–Crippen LogP) is 1.23. The molecule has 1 rings (SSSR count). The van der Waals surface area contributed by atoms with Crippen LogP contribution < -0.4 is 10.1 Å². The van der Waals surface area contributed by atoms with Gasteiger partial charge < -0.3 is 14.6 Å². The summed E-state index contributed by atoms with van der Waals surface area (Å²) in [6.07, 6.45) is -0.774. The van der Waals surface area contributed by atoms with Gasteiger partial charge in [0.05, 0.1) is 18.2 Å². The Bertz CT molecular complexity index is 520. The van der Waals surface area contributed by atoms with Crippen LogP contribution in [0.4, 0.5) is 0 Å². The van der Waals surface area contributed by atoms with Crippen LogP contribution in [0.5, 0.6) is 5.75 Å². The fraction of sp³-hybridized carbons (Fsp3) is 0.500. The van der Waals surface area contributed by atoms with Crippen molar-refractivity contribution in [3.05, 3.63) is 29.8 Å². The van der Waals surface area contributed by atoms with Gasteiger partial charge in [0, 0.05) is 6.54 Å². The minimum absolute atomic E-state index is 0.0812. The smallest absolute Gasteiger partial charge is 0.325 e. The first-order chi connectivity index (χ1) is 10.4. The minimum atomic E-state index is -0.870. The quantitative estimate of drug-likeness (QED) is 0.702. The van der Waals surface area contributed by atoms with Gasteiger partial charge in [0.25, 0.3) is 0 Å². The van der Waals surface area contributed by atoms with Crippen molar-refractivity contribution in [2.75, 3.05) is 19.8 Å². The topological polar surface area (TPSA) is 91.6 Å². The maximum atomic E-state index is 11.7. The number of benzene rings is 1. The van der Waals surface area contributed by atoms with E-state index < -0.39 is 11.6 Å². The van der Waals surface area contributed by atoms with Crippen molar-refractivity contribution in [2.24, 2.45) is 0 Å². The number of hydrogen-bond donors (Lipinski definition) is 2. The summed E-state index contributed by atoms with van der Waals surface area (Å²) in [6, 6.07) is 8.64. The second-order valence-electron chi connectivity index (χ2n) is 5.33. The van der Waals surface area contributed by atoms with Gasteiger partial charge in [0.2, 0.25) is 0 Å². The third-order valence-corrected chi connectivity index (χ3v) is 2.99. The number of aliphatic hydroxyl groups excluding tert-OH is 1. The molecule has 6 nitrogen and oxygen atoms in total. The van der Waals surface area contributed by atoms with E-state index in [2.05, 4.69) is 5.32 Å². The van der Waals surface area contributed by atoms with Gasteiger partial charge in [-0.2, -0.15) is 5.26 Å². The van der Waals surface area contributed by atoms with Crippen molar-refractivity contribution in [2.45, 2.75) is 32.4 Å². The second kappa shape index (κ2) is 8.37. The first-order valence-corrected chi connectivity index (χ1v) is 7.12. The standard InChI is InChI=1S/C16H22N2O4/c1-4-21-15(20)16(2,3)18-10-13(19)11-22-14-7-5-12(9-17)6-8-14/h5-8,13,18-19H,4,10-11H2,1-3H3. The summed E-state index contributed by atoms with van der Waals surface area (Å²) in [5.74, 6) is 0.206. The third kappa shape index (κ3) is 5.72. The molecule has 0 aliphatic heterocycles. The number of carbonyl (C=O) groups excluding carboxylic acids is 1. The van der Waals surface area contributed by atoms with Gasteiger partial charge in [-0.25, -0.2) is 0 Å². The van der Waals surface area contributed by atoms with Crippen LogP contribution in [-0.2, 0) is 9.53 Å². The lowest BCUT2D eigenvalue weighted by Crippen LogP contribution is -2.51. The molecule has 0 saturated heterocycles. The fourth-order valence-electron chi connectivity index (χ4n) is 1.63. The molecule has 0 amide bonds. The molecule has 6 heteroatoms.